The van der Waals surface area contributed by atoms with Gasteiger partial charge in [0.2, 0.25) is 5.91 Å². The highest BCUT2D eigenvalue weighted by atomic mass is 16.2. The first kappa shape index (κ1) is 18.4. The molecule has 8 nitrogen and oxygen atoms in total. The van der Waals surface area contributed by atoms with Gasteiger partial charge in [-0.2, -0.15) is 0 Å². The van der Waals surface area contributed by atoms with Crippen LogP contribution in [0.4, 0.5) is 22.0 Å². The van der Waals surface area contributed by atoms with E-state index in [0.717, 1.165) is 41.1 Å². The second-order valence-corrected chi connectivity index (χ2v) is 7.82. The molecule has 1 aliphatic carbocycles. The Morgan fingerprint density at radius 1 is 1.00 bits per heavy atom. The van der Waals surface area contributed by atoms with E-state index in [9.17, 15) is 9.59 Å². The number of benzene rings is 1. The molecule has 2 aromatic heterocycles. The molecule has 2 fully saturated rings. The standard InChI is InChI=1S/C22H22N6O2/c1-13(29)25-19-6-3-8-24-21(19)28-11-16-17(12-28)20(16)27-22(30)26-18-5-2-4-14-10-23-9-7-15(14)18/h2-10,16-17,20H,11-12H2,1H3,(H,25,29)(H2,26,27,30)/t16-,17?,20?/m0/s1. The van der Waals surface area contributed by atoms with Crippen LogP contribution in [0.3, 0.4) is 0 Å². The van der Waals surface area contributed by atoms with Gasteiger partial charge in [0.05, 0.1) is 11.4 Å². The highest BCUT2D eigenvalue weighted by Gasteiger charge is 2.57. The average molecular weight is 402 g/mol. The van der Waals surface area contributed by atoms with Crippen LogP contribution in [0.2, 0.25) is 0 Å². The number of carbonyl (C=O) groups excluding carboxylic acids is 2. The highest BCUT2D eigenvalue weighted by molar-refractivity contribution is 6.01. The number of pyridine rings is 2. The number of hydrogen-bond acceptors (Lipinski definition) is 5. The molecule has 152 valence electrons. The number of fused-ring (bicyclic) bond motifs is 2. The summed E-state index contributed by atoms with van der Waals surface area (Å²) in [4.78, 5) is 34.7. The second kappa shape index (κ2) is 7.29. The Balaban J connectivity index is 1.20. The summed E-state index contributed by atoms with van der Waals surface area (Å²) in [6, 6.07) is 11.3. The van der Waals surface area contributed by atoms with Gasteiger partial charge in [-0.1, -0.05) is 12.1 Å². The minimum absolute atomic E-state index is 0.117. The van der Waals surface area contributed by atoms with E-state index in [1.54, 1.807) is 18.6 Å². The molecule has 3 atom stereocenters. The number of nitrogens with zero attached hydrogens (tertiary/aromatic N) is 3. The summed E-state index contributed by atoms with van der Waals surface area (Å²) in [6.45, 7) is 3.10. The Kier molecular flexibility index (Phi) is 4.46. The van der Waals surface area contributed by atoms with Gasteiger partial charge in [-0.3, -0.25) is 9.78 Å². The average Bonchev–Trinajstić information content (AvgIpc) is 3.17. The lowest BCUT2D eigenvalue weighted by molar-refractivity contribution is -0.114. The molecular formula is C22H22N6O2. The quantitative estimate of drug-likeness (QED) is 0.623. The Morgan fingerprint density at radius 2 is 1.80 bits per heavy atom. The fraction of sp³-hybridized carbons (Fsp3) is 0.273. The minimum Gasteiger partial charge on any atom is -0.354 e. The molecule has 0 bridgehead atoms. The molecular weight excluding hydrogens is 380 g/mol. The Hall–Kier alpha value is -3.68. The van der Waals surface area contributed by atoms with Crippen molar-refractivity contribution in [1.29, 1.82) is 0 Å². The summed E-state index contributed by atoms with van der Waals surface area (Å²) in [5.74, 6) is 1.45. The topological polar surface area (TPSA) is 99.3 Å². The summed E-state index contributed by atoms with van der Waals surface area (Å²) >= 11 is 0. The molecule has 3 heterocycles. The van der Waals surface area contributed by atoms with Gasteiger partial charge in [0.1, 0.15) is 0 Å². The summed E-state index contributed by atoms with van der Waals surface area (Å²) in [5.41, 5.74) is 1.49. The number of amides is 3. The molecule has 0 spiro atoms. The van der Waals surface area contributed by atoms with E-state index >= 15 is 0 Å². The van der Waals surface area contributed by atoms with Crippen molar-refractivity contribution in [3.8, 4) is 0 Å². The zero-order valence-electron chi connectivity index (χ0n) is 16.5. The van der Waals surface area contributed by atoms with Crippen molar-refractivity contribution in [2.24, 2.45) is 11.8 Å². The third-order valence-electron chi connectivity index (χ3n) is 5.82. The molecule has 8 heteroatoms. The molecule has 3 N–H and O–H groups in total. The van der Waals surface area contributed by atoms with Crippen LogP contribution in [-0.4, -0.2) is 41.0 Å². The molecule has 2 unspecified atom stereocenters. The molecule has 3 amide bonds. The van der Waals surface area contributed by atoms with E-state index in [1.807, 2.05) is 36.4 Å². The Morgan fingerprint density at radius 3 is 2.60 bits per heavy atom. The van der Waals surface area contributed by atoms with Crippen LogP contribution in [0, 0.1) is 11.8 Å². The number of rotatable bonds is 4. The molecule has 30 heavy (non-hydrogen) atoms. The van der Waals surface area contributed by atoms with Crippen molar-refractivity contribution in [3.05, 3.63) is 55.0 Å². The van der Waals surface area contributed by atoms with Gasteiger partial charge in [0.15, 0.2) is 5.82 Å². The molecule has 3 aromatic rings. The van der Waals surface area contributed by atoms with Crippen molar-refractivity contribution in [2.75, 3.05) is 28.6 Å². The van der Waals surface area contributed by atoms with Gasteiger partial charge < -0.3 is 20.9 Å². The number of piperidine rings is 1. The SMILES string of the molecule is CC(=O)Nc1cccnc1N1CC2C(NC(=O)Nc3cccc4cnccc34)[C@H]2C1. The van der Waals surface area contributed by atoms with Gasteiger partial charge in [-0.05, 0) is 24.3 Å². The fourth-order valence-corrected chi connectivity index (χ4v) is 4.39. The summed E-state index contributed by atoms with van der Waals surface area (Å²) in [6.07, 6.45) is 5.23. The largest absolute Gasteiger partial charge is 0.354 e. The first-order chi connectivity index (χ1) is 14.6. The lowest BCUT2D eigenvalue weighted by atomic mass is 10.1. The van der Waals surface area contributed by atoms with Gasteiger partial charge >= 0.3 is 6.03 Å². The van der Waals surface area contributed by atoms with Crippen molar-refractivity contribution >= 4 is 39.9 Å². The zero-order valence-corrected chi connectivity index (χ0v) is 16.5. The second-order valence-electron chi connectivity index (χ2n) is 7.82. The van der Waals surface area contributed by atoms with Crippen molar-refractivity contribution < 1.29 is 9.59 Å². The van der Waals surface area contributed by atoms with Gasteiger partial charge in [0, 0.05) is 67.3 Å². The summed E-state index contributed by atoms with van der Waals surface area (Å²) in [5, 5.41) is 10.9. The summed E-state index contributed by atoms with van der Waals surface area (Å²) in [7, 11) is 0. The summed E-state index contributed by atoms with van der Waals surface area (Å²) < 4.78 is 0. The number of anilines is 3. The van der Waals surface area contributed by atoms with E-state index < -0.39 is 0 Å². The van der Waals surface area contributed by atoms with Crippen molar-refractivity contribution in [2.45, 2.75) is 13.0 Å². The maximum Gasteiger partial charge on any atom is 0.319 e. The van der Waals surface area contributed by atoms with Crippen LogP contribution in [-0.2, 0) is 4.79 Å². The van der Waals surface area contributed by atoms with Crippen LogP contribution >= 0.6 is 0 Å². The lowest BCUT2D eigenvalue weighted by Crippen LogP contribution is -2.37. The number of carbonyl (C=O) groups is 2. The van der Waals surface area contributed by atoms with E-state index in [4.69, 9.17) is 0 Å². The number of urea groups is 1. The fourth-order valence-electron chi connectivity index (χ4n) is 4.39. The Labute approximate surface area is 173 Å². The lowest BCUT2D eigenvalue weighted by Gasteiger charge is -2.23. The monoisotopic (exact) mass is 402 g/mol. The maximum atomic E-state index is 12.6. The van der Waals surface area contributed by atoms with Crippen LogP contribution < -0.4 is 20.9 Å². The smallest absolute Gasteiger partial charge is 0.319 e. The molecule has 1 aromatic carbocycles. The molecule has 1 saturated heterocycles. The maximum absolute atomic E-state index is 12.6. The number of aromatic nitrogens is 2. The van der Waals surface area contributed by atoms with Crippen LogP contribution in [0.15, 0.2) is 55.0 Å². The van der Waals surface area contributed by atoms with Gasteiger partial charge in [-0.25, -0.2) is 9.78 Å². The Bertz CT molecular complexity index is 1120. The van der Waals surface area contributed by atoms with E-state index in [-0.39, 0.29) is 18.0 Å². The zero-order chi connectivity index (χ0) is 20.7. The van der Waals surface area contributed by atoms with Crippen molar-refractivity contribution in [3.63, 3.8) is 0 Å². The number of nitrogens with one attached hydrogen (secondary N) is 3. The van der Waals surface area contributed by atoms with Gasteiger partial charge in [0.25, 0.3) is 0 Å². The van der Waals surface area contributed by atoms with E-state index in [2.05, 4.69) is 30.8 Å². The number of hydrogen-bond donors (Lipinski definition) is 3. The van der Waals surface area contributed by atoms with E-state index in [1.165, 1.54) is 6.92 Å². The highest BCUT2D eigenvalue weighted by Crippen LogP contribution is 2.47. The third kappa shape index (κ3) is 3.41. The van der Waals surface area contributed by atoms with Crippen LogP contribution in [0.1, 0.15) is 6.92 Å². The van der Waals surface area contributed by atoms with Gasteiger partial charge in [-0.15, -0.1) is 0 Å². The molecule has 5 rings (SSSR count). The molecule has 2 aliphatic rings. The predicted octanol–water partition coefficient (Wildman–Crippen LogP) is 2.84. The molecule has 1 aliphatic heterocycles. The van der Waals surface area contributed by atoms with Crippen molar-refractivity contribution in [1.82, 2.24) is 15.3 Å². The molecule has 1 saturated carbocycles. The first-order valence-corrected chi connectivity index (χ1v) is 9.98. The predicted molar refractivity (Wildman–Crippen MR) is 115 cm³/mol. The van der Waals surface area contributed by atoms with Crippen LogP contribution in [0.5, 0.6) is 0 Å². The molecule has 0 radical (unpaired) electrons. The third-order valence-corrected chi connectivity index (χ3v) is 5.82. The normalized spacial score (nSPS) is 21.8. The first-order valence-electron chi connectivity index (χ1n) is 9.98. The van der Waals surface area contributed by atoms with E-state index in [0.29, 0.717) is 11.8 Å². The van der Waals surface area contributed by atoms with Crippen LogP contribution in [0.25, 0.3) is 10.8 Å². The minimum atomic E-state index is -0.193.